The van der Waals surface area contributed by atoms with Crippen LogP contribution in [0.1, 0.15) is 28.6 Å². The lowest BCUT2D eigenvalue weighted by molar-refractivity contribution is -0.144. The Morgan fingerprint density at radius 1 is 1.08 bits per heavy atom. The number of carbonyl (C=O) groups excluding carboxylic acids is 2. The Labute approximate surface area is 151 Å². The molecule has 0 radical (unpaired) electrons. The minimum atomic E-state index is -0.426. The number of hydrogen-bond acceptors (Lipinski definition) is 5. The molecule has 5 heteroatoms. The van der Waals surface area contributed by atoms with Crippen LogP contribution in [0.4, 0.5) is 0 Å². The van der Waals surface area contributed by atoms with Gasteiger partial charge in [0, 0.05) is 17.4 Å². The standard InChI is InChI=1S/C21H20O5/c1-13(21(23)25-3)11-18-19(20(22)14-7-5-4-6-8-14)16-12-15(24-2)9-10-17(16)26-18/h4-10,12-13H,11H2,1-3H3. The van der Waals surface area contributed by atoms with Gasteiger partial charge in [-0.15, -0.1) is 0 Å². The number of methoxy groups -OCH3 is 2. The fraction of sp³-hybridized carbons (Fsp3) is 0.238. The molecule has 0 spiro atoms. The van der Waals surface area contributed by atoms with Gasteiger partial charge in [-0.1, -0.05) is 37.3 Å². The second-order valence-electron chi connectivity index (χ2n) is 6.09. The molecule has 0 saturated heterocycles. The third-order valence-electron chi connectivity index (χ3n) is 4.33. The number of ketones is 1. The molecule has 1 aromatic heterocycles. The van der Waals surface area contributed by atoms with Crippen molar-refractivity contribution in [2.75, 3.05) is 14.2 Å². The molecule has 26 heavy (non-hydrogen) atoms. The molecular weight excluding hydrogens is 332 g/mol. The molecule has 0 bridgehead atoms. The summed E-state index contributed by atoms with van der Waals surface area (Å²) in [6.45, 7) is 1.75. The van der Waals surface area contributed by atoms with Crippen molar-refractivity contribution in [3.8, 4) is 5.75 Å². The molecule has 1 atom stereocenters. The Morgan fingerprint density at radius 3 is 2.46 bits per heavy atom. The van der Waals surface area contributed by atoms with E-state index in [4.69, 9.17) is 13.9 Å². The van der Waals surface area contributed by atoms with Gasteiger partial charge in [0.25, 0.3) is 0 Å². The molecule has 0 aliphatic carbocycles. The molecule has 0 amide bonds. The van der Waals surface area contributed by atoms with Crippen LogP contribution in [0.5, 0.6) is 5.75 Å². The monoisotopic (exact) mass is 352 g/mol. The number of rotatable bonds is 6. The molecule has 0 aliphatic rings. The summed E-state index contributed by atoms with van der Waals surface area (Å²) in [5, 5.41) is 0.672. The van der Waals surface area contributed by atoms with Crippen LogP contribution in [0.3, 0.4) is 0 Å². The van der Waals surface area contributed by atoms with E-state index in [9.17, 15) is 9.59 Å². The maximum atomic E-state index is 13.1. The smallest absolute Gasteiger partial charge is 0.308 e. The maximum absolute atomic E-state index is 13.1. The van der Waals surface area contributed by atoms with E-state index < -0.39 is 5.92 Å². The average Bonchev–Trinajstić information content (AvgIpc) is 3.03. The summed E-state index contributed by atoms with van der Waals surface area (Å²) in [4.78, 5) is 25.0. The fourth-order valence-electron chi connectivity index (χ4n) is 2.94. The van der Waals surface area contributed by atoms with Crippen LogP contribution in [0.25, 0.3) is 11.0 Å². The van der Waals surface area contributed by atoms with Gasteiger partial charge in [0.1, 0.15) is 17.1 Å². The second-order valence-corrected chi connectivity index (χ2v) is 6.09. The predicted octanol–water partition coefficient (Wildman–Crippen LogP) is 4.02. The number of furan rings is 1. The van der Waals surface area contributed by atoms with E-state index in [1.807, 2.05) is 18.2 Å². The van der Waals surface area contributed by atoms with Crippen molar-refractivity contribution in [2.45, 2.75) is 13.3 Å². The summed E-state index contributed by atoms with van der Waals surface area (Å²) in [6, 6.07) is 14.3. The first-order chi connectivity index (χ1) is 12.5. The number of carbonyl (C=O) groups is 2. The van der Waals surface area contributed by atoms with E-state index in [0.717, 1.165) is 0 Å². The van der Waals surface area contributed by atoms with E-state index in [-0.39, 0.29) is 18.2 Å². The third-order valence-corrected chi connectivity index (χ3v) is 4.33. The number of ether oxygens (including phenoxy) is 2. The van der Waals surface area contributed by atoms with Gasteiger partial charge in [0.15, 0.2) is 5.78 Å². The molecule has 3 aromatic rings. The normalized spacial score (nSPS) is 12.0. The topological polar surface area (TPSA) is 65.7 Å². The van der Waals surface area contributed by atoms with E-state index in [0.29, 0.717) is 33.6 Å². The van der Waals surface area contributed by atoms with Crippen molar-refractivity contribution in [1.29, 1.82) is 0 Å². The van der Waals surface area contributed by atoms with Crippen LogP contribution in [-0.4, -0.2) is 26.0 Å². The van der Waals surface area contributed by atoms with Gasteiger partial charge >= 0.3 is 5.97 Å². The Morgan fingerprint density at radius 2 is 1.81 bits per heavy atom. The molecule has 0 fully saturated rings. The van der Waals surface area contributed by atoms with Gasteiger partial charge in [0.05, 0.1) is 25.7 Å². The molecule has 3 rings (SSSR count). The summed E-state index contributed by atoms with van der Waals surface area (Å²) in [5.74, 6) is 0.184. The SMILES string of the molecule is COC(=O)C(C)Cc1oc2ccc(OC)cc2c1C(=O)c1ccccc1. The third kappa shape index (κ3) is 3.33. The van der Waals surface area contributed by atoms with Gasteiger partial charge in [-0.05, 0) is 18.2 Å². The predicted molar refractivity (Wildman–Crippen MR) is 97.5 cm³/mol. The Kier molecular flexibility index (Phi) is 5.07. The quantitative estimate of drug-likeness (QED) is 0.495. The van der Waals surface area contributed by atoms with Crippen LogP contribution in [0.15, 0.2) is 52.9 Å². The van der Waals surface area contributed by atoms with Crippen molar-refractivity contribution in [3.63, 3.8) is 0 Å². The lowest BCUT2D eigenvalue weighted by Gasteiger charge is -2.08. The highest BCUT2D eigenvalue weighted by molar-refractivity contribution is 6.17. The van der Waals surface area contributed by atoms with E-state index in [1.54, 1.807) is 44.4 Å². The van der Waals surface area contributed by atoms with Crippen LogP contribution >= 0.6 is 0 Å². The van der Waals surface area contributed by atoms with Crippen LogP contribution in [0, 0.1) is 5.92 Å². The first-order valence-corrected chi connectivity index (χ1v) is 8.32. The molecule has 0 N–H and O–H groups in total. The van der Waals surface area contributed by atoms with Gasteiger partial charge in [-0.2, -0.15) is 0 Å². The van der Waals surface area contributed by atoms with Gasteiger partial charge < -0.3 is 13.9 Å². The average molecular weight is 352 g/mol. The van der Waals surface area contributed by atoms with E-state index in [2.05, 4.69) is 0 Å². The minimum Gasteiger partial charge on any atom is -0.497 e. The zero-order valence-corrected chi connectivity index (χ0v) is 14.9. The molecule has 1 unspecified atom stereocenters. The van der Waals surface area contributed by atoms with Gasteiger partial charge in [-0.3, -0.25) is 9.59 Å². The highest BCUT2D eigenvalue weighted by Crippen LogP contribution is 2.32. The largest absolute Gasteiger partial charge is 0.497 e. The van der Waals surface area contributed by atoms with Crippen molar-refractivity contribution < 1.29 is 23.5 Å². The molecule has 5 nitrogen and oxygen atoms in total. The Balaban J connectivity index is 2.14. The Hall–Kier alpha value is -3.08. The Bertz CT molecular complexity index is 940. The lowest BCUT2D eigenvalue weighted by atomic mass is 9.96. The molecule has 1 heterocycles. The van der Waals surface area contributed by atoms with Crippen molar-refractivity contribution in [1.82, 2.24) is 0 Å². The molecule has 134 valence electrons. The number of fused-ring (bicyclic) bond motifs is 1. The summed E-state index contributed by atoms with van der Waals surface area (Å²) in [6.07, 6.45) is 0.275. The van der Waals surface area contributed by atoms with Crippen molar-refractivity contribution in [3.05, 3.63) is 65.4 Å². The molecule has 0 aliphatic heterocycles. The molecular formula is C21H20O5. The second kappa shape index (κ2) is 7.44. The summed E-state index contributed by atoms with van der Waals surface area (Å²) >= 11 is 0. The highest BCUT2D eigenvalue weighted by atomic mass is 16.5. The van der Waals surface area contributed by atoms with Crippen LogP contribution in [0.2, 0.25) is 0 Å². The van der Waals surface area contributed by atoms with Crippen molar-refractivity contribution >= 4 is 22.7 Å². The van der Waals surface area contributed by atoms with Gasteiger partial charge in [-0.25, -0.2) is 0 Å². The summed E-state index contributed by atoms with van der Waals surface area (Å²) in [5.41, 5.74) is 1.60. The number of esters is 1. The van der Waals surface area contributed by atoms with Crippen LogP contribution < -0.4 is 4.74 Å². The first-order valence-electron chi connectivity index (χ1n) is 8.32. The number of hydrogen-bond donors (Lipinski definition) is 0. The van der Waals surface area contributed by atoms with E-state index >= 15 is 0 Å². The zero-order chi connectivity index (χ0) is 18.7. The fourth-order valence-corrected chi connectivity index (χ4v) is 2.94. The van der Waals surface area contributed by atoms with Gasteiger partial charge in [0.2, 0.25) is 0 Å². The molecule has 2 aromatic carbocycles. The van der Waals surface area contributed by atoms with Crippen molar-refractivity contribution in [2.24, 2.45) is 5.92 Å². The summed E-state index contributed by atoms with van der Waals surface area (Å²) < 4.78 is 16.0. The highest BCUT2D eigenvalue weighted by Gasteiger charge is 2.25. The summed E-state index contributed by atoms with van der Waals surface area (Å²) in [7, 11) is 2.92. The first kappa shape index (κ1) is 17.7. The number of benzene rings is 2. The molecule has 0 saturated carbocycles. The van der Waals surface area contributed by atoms with Crippen LogP contribution in [-0.2, 0) is 16.0 Å². The lowest BCUT2D eigenvalue weighted by Crippen LogP contribution is -2.16. The van der Waals surface area contributed by atoms with E-state index in [1.165, 1.54) is 7.11 Å². The maximum Gasteiger partial charge on any atom is 0.308 e. The zero-order valence-electron chi connectivity index (χ0n) is 14.9. The minimum absolute atomic E-state index is 0.148.